The fourth-order valence-corrected chi connectivity index (χ4v) is 4.95. The first kappa shape index (κ1) is 16.7. The maximum atomic E-state index is 12.8. The Morgan fingerprint density at radius 2 is 1.52 bits per heavy atom. The number of piperidine rings is 1. The molecule has 1 unspecified atom stereocenters. The van der Waals surface area contributed by atoms with Gasteiger partial charge in [0.05, 0.1) is 6.04 Å². The molecule has 1 atom stereocenters. The molecule has 2 saturated heterocycles. The van der Waals surface area contributed by atoms with Crippen LogP contribution in [0.25, 0.3) is 0 Å². The highest BCUT2D eigenvalue weighted by Gasteiger charge is 2.68. The molecule has 2 aliphatic heterocycles. The molecule has 0 aromatic heterocycles. The molecule has 1 aliphatic carbocycles. The van der Waals surface area contributed by atoms with Gasteiger partial charge in [-0.3, -0.25) is 14.5 Å². The smallest absolute Gasteiger partial charge is 0.234 e. The van der Waals surface area contributed by atoms with Crippen molar-refractivity contribution < 1.29 is 9.59 Å². The number of nitrogens with two attached hydrogens (primary N) is 1. The summed E-state index contributed by atoms with van der Waals surface area (Å²) in [4.78, 5) is 28.7. The lowest BCUT2D eigenvalue weighted by Crippen LogP contribution is -2.51. The monoisotopic (exact) mass is 321 g/mol. The van der Waals surface area contributed by atoms with Gasteiger partial charge >= 0.3 is 0 Å². The summed E-state index contributed by atoms with van der Waals surface area (Å²) in [7, 11) is 0. The van der Waals surface area contributed by atoms with Gasteiger partial charge in [-0.05, 0) is 43.1 Å². The molecule has 0 aromatic rings. The third kappa shape index (κ3) is 2.57. The first-order valence-corrected chi connectivity index (χ1v) is 9.02. The van der Waals surface area contributed by atoms with Crippen molar-refractivity contribution in [1.29, 1.82) is 0 Å². The number of hydrogen-bond acceptors (Lipinski definition) is 3. The molecule has 0 spiro atoms. The van der Waals surface area contributed by atoms with Crippen molar-refractivity contribution in [3.05, 3.63) is 0 Å². The van der Waals surface area contributed by atoms with Gasteiger partial charge in [0, 0.05) is 25.0 Å². The van der Waals surface area contributed by atoms with Crippen molar-refractivity contribution in [2.45, 2.75) is 65.5 Å². The Labute approximate surface area is 139 Å². The average molecular weight is 321 g/mol. The molecule has 2 heterocycles. The summed E-state index contributed by atoms with van der Waals surface area (Å²) in [5.41, 5.74) is 5.74. The number of amides is 2. The predicted molar refractivity (Wildman–Crippen MR) is 89.6 cm³/mol. The molecule has 1 saturated carbocycles. The van der Waals surface area contributed by atoms with Gasteiger partial charge in [0.2, 0.25) is 11.8 Å². The zero-order chi connectivity index (χ0) is 17.0. The van der Waals surface area contributed by atoms with Crippen molar-refractivity contribution in [2.75, 3.05) is 19.6 Å². The molecule has 0 radical (unpaired) electrons. The molecule has 3 aliphatic rings. The summed E-state index contributed by atoms with van der Waals surface area (Å²) >= 11 is 0. The number of carbonyl (C=O) groups excluding carboxylic acids is 2. The number of carbonyl (C=O) groups is 2. The Hall–Kier alpha value is -1.10. The minimum Gasteiger partial charge on any atom is -0.368 e. The van der Waals surface area contributed by atoms with Crippen LogP contribution in [0.4, 0.5) is 0 Å². The standard InChI is InChI=1S/C18H31N3O2/c1-17(2)14(18(17,3)4)16(23)20-10-7-12(8-11-20)21-9-5-6-13(21)15(19)22/h12-14H,5-11H2,1-4H3,(H2,19,22). The zero-order valence-corrected chi connectivity index (χ0v) is 15.0. The molecule has 5 nitrogen and oxygen atoms in total. The van der Waals surface area contributed by atoms with Crippen molar-refractivity contribution in [3.63, 3.8) is 0 Å². The largest absolute Gasteiger partial charge is 0.368 e. The molecule has 0 aromatic carbocycles. The summed E-state index contributed by atoms with van der Waals surface area (Å²) in [6.45, 7) is 11.4. The van der Waals surface area contributed by atoms with Gasteiger partial charge in [-0.15, -0.1) is 0 Å². The van der Waals surface area contributed by atoms with Gasteiger partial charge in [0.15, 0.2) is 0 Å². The highest BCUT2D eigenvalue weighted by Crippen LogP contribution is 2.68. The number of nitrogens with zero attached hydrogens (tertiary/aromatic N) is 2. The van der Waals surface area contributed by atoms with Crippen LogP contribution in [0.1, 0.15) is 53.4 Å². The van der Waals surface area contributed by atoms with E-state index >= 15 is 0 Å². The Bertz CT molecular complexity index is 492. The van der Waals surface area contributed by atoms with E-state index in [0.717, 1.165) is 45.3 Å². The normalized spacial score (nSPS) is 31.3. The van der Waals surface area contributed by atoms with E-state index in [0.29, 0.717) is 11.9 Å². The molecule has 3 rings (SSSR count). The summed E-state index contributed by atoms with van der Waals surface area (Å²) < 4.78 is 0. The second kappa shape index (κ2) is 5.47. The fourth-order valence-electron chi connectivity index (χ4n) is 4.95. The van der Waals surface area contributed by atoms with E-state index in [1.165, 1.54) is 0 Å². The van der Waals surface area contributed by atoms with Crippen molar-refractivity contribution in [3.8, 4) is 0 Å². The van der Waals surface area contributed by atoms with E-state index in [9.17, 15) is 9.59 Å². The topological polar surface area (TPSA) is 66.6 Å². The minimum atomic E-state index is -0.192. The summed E-state index contributed by atoms with van der Waals surface area (Å²) in [5.74, 6) is 0.283. The fraction of sp³-hybridized carbons (Fsp3) is 0.889. The van der Waals surface area contributed by atoms with Crippen LogP contribution in [0.5, 0.6) is 0 Å². The van der Waals surface area contributed by atoms with E-state index in [4.69, 9.17) is 5.73 Å². The second-order valence-electron chi connectivity index (χ2n) is 8.73. The van der Waals surface area contributed by atoms with Crippen LogP contribution >= 0.6 is 0 Å². The molecule has 0 bridgehead atoms. The van der Waals surface area contributed by atoms with Gasteiger partial charge in [-0.2, -0.15) is 0 Å². The van der Waals surface area contributed by atoms with Crippen LogP contribution in [0.3, 0.4) is 0 Å². The zero-order valence-electron chi connectivity index (χ0n) is 15.0. The molecule has 5 heteroatoms. The van der Waals surface area contributed by atoms with Crippen LogP contribution in [-0.2, 0) is 9.59 Å². The highest BCUT2D eigenvalue weighted by atomic mass is 16.2. The SMILES string of the molecule is CC1(C)C(C(=O)N2CCC(N3CCCC3C(N)=O)CC2)C1(C)C. The van der Waals surface area contributed by atoms with Crippen LogP contribution in [0.2, 0.25) is 0 Å². The van der Waals surface area contributed by atoms with Gasteiger partial charge in [0.1, 0.15) is 0 Å². The molecule has 2 N–H and O–H groups in total. The predicted octanol–water partition coefficient (Wildman–Crippen LogP) is 1.61. The lowest BCUT2D eigenvalue weighted by atomic mass is 10.0. The van der Waals surface area contributed by atoms with E-state index < -0.39 is 0 Å². The van der Waals surface area contributed by atoms with Crippen molar-refractivity contribution in [2.24, 2.45) is 22.5 Å². The molecule has 23 heavy (non-hydrogen) atoms. The van der Waals surface area contributed by atoms with Crippen LogP contribution in [0, 0.1) is 16.7 Å². The number of hydrogen-bond donors (Lipinski definition) is 1. The lowest BCUT2D eigenvalue weighted by molar-refractivity contribution is -0.136. The first-order chi connectivity index (χ1) is 10.7. The van der Waals surface area contributed by atoms with Crippen molar-refractivity contribution in [1.82, 2.24) is 9.80 Å². The Morgan fingerprint density at radius 3 is 2.00 bits per heavy atom. The van der Waals surface area contributed by atoms with E-state index in [-0.39, 0.29) is 28.7 Å². The number of likely N-dealkylation sites (tertiary alicyclic amines) is 2. The van der Waals surface area contributed by atoms with Gasteiger partial charge in [0.25, 0.3) is 0 Å². The quantitative estimate of drug-likeness (QED) is 0.859. The maximum Gasteiger partial charge on any atom is 0.234 e. The van der Waals surface area contributed by atoms with Crippen LogP contribution < -0.4 is 5.73 Å². The van der Waals surface area contributed by atoms with Gasteiger partial charge < -0.3 is 10.6 Å². The molecular formula is C18H31N3O2. The average Bonchev–Trinajstić information content (AvgIpc) is 2.86. The van der Waals surface area contributed by atoms with Gasteiger partial charge in [-0.1, -0.05) is 27.7 Å². The molecule has 130 valence electrons. The molecular weight excluding hydrogens is 290 g/mol. The van der Waals surface area contributed by atoms with E-state index in [2.05, 4.69) is 32.6 Å². The number of primary amides is 1. The van der Waals surface area contributed by atoms with E-state index in [1.807, 2.05) is 4.90 Å². The van der Waals surface area contributed by atoms with Crippen molar-refractivity contribution >= 4 is 11.8 Å². The summed E-state index contributed by atoms with van der Waals surface area (Å²) in [6, 6.07) is 0.308. The molecule has 3 fully saturated rings. The molecule has 2 amide bonds. The minimum absolute atomic E-state index is 0.0939. The lowest BCUT2D eigenvalue weighted by Gasteiger charge is -2.39. The Kier molecular flexibility index (Phi) is 3.98. The Balaban J connectivity index is 1.57. The third-order valence-electron chi connectivity index (χ3n) is 7.14. The van der Waals surface area contributed by atoms with Gasteiger partial charge in [-0.25, -0.2) is 0 Å². The van der Waals surface area contributed by atoms with Crippen LogP contribution in [-0.4, -0.2) is 53.3 Å². The maximum absolute atomic E-state index is 12.8. The summed E-state index contributed by atoms with van der Waals surface area (Å²) in [6.07, 6.45) is 3.86. The summed E-state index contributed by atoms with van der Waals surface area (Å²) in [5, 5.41) is 0. The first-order valence-electron chi connectivity index (χ1n) is 9.02. The number of rotatable bonds is 3. The van der Waals surface area contributed by atoms with E-state index in [1.54, 1.807) is 0 Å². The highest BCUT2D eigenvalue weighted by molar-refractivity contribution is 5.84. The third-order valence-corrected chi connectivity index (χ3v) is 7.14. The Morgan fingerprint density at radius 1 is 0.957 bits per heavy atom. The second-order valence-corrected chi connectivity index (χ2v) is 8.73. The van der Waals surface area contributed by atoms with Crippen LogP contribution in [0.15, 0.2) is 0 Å².